The van der Waals surface area contributed by atoms with Gasteiger partial charge < -0.3 is 15.4 Å². The number of ether oxygens (including phenoxy) is 1. The molecule has 1 aliphatic rings. The van der Waals surface area contributed by atoms with Crippen molar-refractivity contribution in [2.45, 2.75) is 39.0 Å². The Labute approximate surface area is 178 Å². The van der Waals surface area contributed by atoms with E-state index < -0.39 is 0 Å². The Morgan fingerprint density at radius 2 is 1.93 bits per heavy atom. The van der Waals surface area contributed by atoms with Gasteiger partial charge in [-0.15, -0.1) is 24.0 Å². The van der Waals surface area contributed by atoms with E-state index in [4.69, 9.17) is 4.74 Å². The molecule has 27 heavy (non-hydrogen) atoms. The molecule has 1 heterocycles. The molecule has 0 fully saturated rings. The van der Waals surface area contributed by atoms with E-state index in [9.17, 15) is 0 Å². The van der Waals surface area contributed by atoms with E-state index in [-0.39, 0.29) is 24.0 Å². The molecular weight excluding hydrogens is 451 g/mol. The zero-order chi connectivity index (χ0) is 18.0. The minimum Gasteiger partial charge on any atom is -0.487 e. The number of pyridine rings is 1. The summed E-state index contributed by atoms with van der Waals surface area (Å²) >= 11 is 0. The SMILES string of the molecule is CCNC(=NCc1ccc(OCc2ccccn2)cc1)NC1CC=CC1.I. The maximum absolute atomic E-state index is 5.77. The first-order valence-corrected chi connectivity index (χ1v) is 9.15. The van der Waals surface area contributed by atoms with Crippen LogP contribution in [-0.4, -0.2) is 23.5 Å². The lowest BCUT2D eigenvalue weighted by molar-refractivity contribution is 0.301. The molecule has 5 nitrogen and oxygen atoms in total. The number of aromatic nitrogens is 1. The van der Waals surface area contributed by atoms with E-state index in [2.05, 4.69) is 51.8 Å². The molecule has 0 radical (unpaired) electrons. The van der Waals surface area contributed by atoms with Crippen molar-refractivity contribution < 1.29 is 4.74 Å². The molecule has 1 aliphatic carbocycles. The molecule has 0 aliphatic heterocycles. The molecule has 3 rings (SSSR count). The predicted octanol–water partition coefficient (Wildman–Crippen LogP) is 4.05. The maximum Gasteiger partial charge on any atom is 0.191 e. The molecule has 0 atom stereocenters. The first kappa shape index (κ1) is 21.2. The molecule has 1 aromatic carbocycles. The van der Waals surface area contributed by atoms with Crippen LogP contribution >= 0.6 is 24.0 Å². The van der Waals surface area contributed by atoms with Gasteiger partial charge in [-0.05, 0) is 49.6 Å². The second-order valence-corrected chi connectivity index (χ2v) is 6.23. The Bertz CT molecular complexity index is 724. The summed E-state index contributed by atoms with van der Waals surface area (Å²) in [4.78, 5) is 8.94. The normalized spacial score (nSPS) is 13.9. The highest BCUT2D eigenvalue weighted by Gasteiger charge is 2.11. The molecule has 2 aromatic rings. The lowest BCUT2D eigenvalue weighted by Crippen LogP contribution is -2.42. The van der Waals surface area contributed by atoms with Crippen molar-refractivity contribution in [2.24, 2.45) is 4.99 Å². The van der Waals surface area contributed by atoms with E-state index in [1.165, 1.54) is 0 Å². The number of hydrogen-bond donors (Lipinski definition) is 2. The average Bonchev–Trinajstić information content (AvgIpc) is 3.19. The highest BCUT2D eigenvalue weighted by molar-refractivity contribution is 14.0. The third-order valence-corrected chi connectivity index (χ3v) is 4.15. The fourth-order valence-electron chi connectivity index (χ4n) is 2.75. The van der Waals surface area contributed by atoms with Gasteiger partial charge in [-0.3, -0.25) is 4.98 Å². The molecule has 0 unspecified atom stereocenters. The molecule has 0 spiro atoms. The van der Waals surface area contributed by atoms with Crippen LogP contribution in [0.1, 0.15) is 31.0 Å². The van der Waals surface area contributed by atoms with Gasteiger partial charge in [0.05, 0.1) is 12.2 Å². The fourth-order valence-corrected chi connectivity index (χ4v) is 2.75. The lowest BCUT2D eigenvalue weighted by atomic mass is 10.2. The molecule has 144 valence electrons. The predicted molar refractivity (Wildman–Crippen MR) is 121 cm³/mol. The van der Waals surface area contributed by atoms with Gasteiger partial charge in [-0.25, -0.2) is 4.99 Å². The second kappa shape index (κ2) is 11.6. The molecule has 6 heteroatoms. The van der Waals surface area contributed by atoms with Crippen molar-refractivity contribution in [3.05, 3.63) is 72.1 Å². The third kappa shape index (κ3) is 7.21. The first-order chi connectivity index (χ1) is 12.8. The van der Waals surface area contributed by atoms with Crippen molar-refractivity contribution >= 4 is 29.9 Å². The summed E-state index contributed by atoms with van der Waals surface area (Å²) in [6, 6.07) is 14.3. The standard InChI is InChI=1S/C21H26N4O.HI/c1-2-22-21(25-18-7-3-4-8-18)24-15-17-10-12-20(13-11-17)26-16-19-9-5-6-14-23-19;/h3-6,9-14,18H,2,7-8,15-16H2,1H3,(H2,22,24,25);1H. The number of nitrogens with one attached hydrogen (secondary N) is 2. The Kier molecular flexibility index (Phi) is 9.10. The summed E-state index contributed by atoms with van der Waals surface area (Å²) in [6.07, 6.45) is 8.33. The van der Waals surface area contributed by atoms with Crippen LogP contribution in [0.3, 0.4) is 0 Å². The summed E-state index contributed by atoms with van der Waals surface area (Å²) < 4.78 is 5.77. The molecule has 0 bridgehead atoms. The summed E-state index contributed by atoms with van der Waals surface area (Å²) in [7, 11) is 0. The van der Waals surface area contributed by atoms with Crippen LogP contribution in [0.2, 0.25) is 0 Å². The molecular formula is C21H27IN4O. The van der Waals surface area contributed by atoms with E-state index in [0.29, 0.717) is 19.2 Å². The van der Waals surface area contributed by atoms with E-state index in [1.807, 2.05) is 30.3 Å². The Balaban J connectivity index is 0.00000261. The minimum atomic E-state index is 0. The van der Waals surface area contributed by atoms with Crippen LogP contribution in [-0.2, 0) is 13.2 Å². The van der Waals surface area contributed by atoms with E-state index in [1.54, 1.807) is 6.20 Å². The van der Waals surface area contributed by atoms with Crippen molar-refractivity contribution in [3.8, 4) is 5.75 Å². The second-order valence-electron chi connectivity index (χ2n) is 6.23. The summed E-state index contributed by atoms with van der Waals surface area (Å²) in [6.45, 7) is 4.04. The van der Waals surface area contributed by atoms with Crippen molar-refractivity contribution in [2.75, 3.05) is 6.54 Å². The quantitative estimate of drug-likeness (QED) is 0.273. The number of aliphatic imine (C=N–C) groups is 1. The van der Waals surface area contributed by atoms with Gasteiger partial charge in [-0.1, -0.05) is 30.4 Å². The Hall–Kier alpha value is -2.09. The average molecular weight is 478 g/mol. The zero-order valence-corrected chi connectivity index (χ0v) is 17.9. The monoisotopic (exact) mass is 478 g/mol. The Morgan fingerprint density at radius 1 is 1.15 bits per heavy atom. The van der Waals surface area contributed by atoms with Gasteiger partial charge in [0.2, 0.25) is 0 Å². The first-order valence-electron chi connectivity index (χ1n) is 9.15. The van der Waals surface area contributed by atoms with Crippen molar-refractivity contribution in [3.63, 3.8) is 0 Å². The lowest BCUT2D eigenvalue weighted by Gasteiger charge is -2.16. The van der Waals surface area contributed by atoms with E-state index >= 15 is 0 Å². The molecule has 0 saturated carbocycles. The topological polar surface area (TPSA) is 58.5 Å². The van der Waals surface area contributed by atoms with Crippen molar-refractivity contribution in [1.82, 2.24) is 15.6 Å². The molecule has 0 amide bonds. The van der Waals surface area contributed by atoms with Gasteiger partial charge in [0, 0.05) is 18.8 Å². The van der Waals surface area contributed by atoms with Crippen LogP contribution in [0.5, 0.6) is 5.75 Å². The fraction of sp³-hybridized carbons (Fsp3) is 0.333. The number of nitrogens with zero attached hydrogens (tertiary/aromatic N) is 2. The Morgan fingerprint density at radius 3 is 2.59 bits per heavy atom. The maximum atomic E-state index is 5.77. The highest BCUT2D eigenvalue weighted by Crippen LogP contribution is 2.14. The van der Waals surface area contributed by atoms with Gasteiger partial charge in [0.15, 0.2) is 5.96 Å². The number of benzene rings is 1. The molecule has 2 N–H and O–H groups in total. The van der Waals surface area contributed by atoms with Gasteiger partial charge in [0.25, 0.3) is 0 Å². The van der Waals surface area contributed by atoms with Crippen LogP contribution < -0.4 is 15.4 Å². The zero-order valence-electron chi connectivity index (χ0n) is 15.6. The summed E-state index contributed by atoms with van der Waals surface area (Å²) in [5, 5.41) is 6.79. The largest absolute Gasteiger partial charge is 0.487 e. The van der Waals surface area contributed by atoms with Gasteiger partial charge >= 0.3 is 0 Å². The molecule has 1 aromatic heterocycles. The van der Waals surface area contributed by atoms with Crippen molar-refractivity contribution in [1.29, 1.82) is 0 Å². The van der Waals surface area contributed by atoms with E-state index in [0.717, 1.165) is 42.4 Å². The smallest absolute Gasteiger partial charge is 0.191 e. The molecule has 0 saturated heterocycles. The summed E-state index contributed by atoms with van der Waals surface area (Å²) in [5.41, 5.74) is 2.07. The third-order valence-electron chi connectivity index (χ3n) is 4.15. The van der Waals surface area contributed by atoms with Gasteiger partial charge in [0.1, 0.15) is 12.4 Å². The number of hydrogen-bond acceptors (Lipinski definition) is 3. The van der Waals surface area contributed by atoms with Crippen LogP contribution in [0.15, 0.2) is 65.8 Å². The number of guanidine groups is 1. The van der Waals surface area contributed by atoms with Crippen LogP contribution in [0.25, 0.3) is 0 Å². The van der Waals surface area contributed by atoms with Crippen LogP contribution in [0.4, 0.5) is 0 Å². The highest BCUT2D eigenvalue weighted by atomic mass is 127. The van der Waals surface area contributed by atoms with Gasteiger partial charge in [-0.2, -0.15) is 0 Å². The number of halogens is 1. The minimum absolute atomic E-state index is 0. The number of rotatable bonds is 7. The summed E-state index contributed by atoms with van der Waals surface area (Å²) in [5.74, 6) is 1.71. The van der Waals surface area contributed by atoms with Crippen LogP contribution in [0, 0.1) is 0 Å².